The van der Waals surface area contributed by atoms with Crippen LogP contribution in [0.5, 0.6) is 0 Å². The average molecular weight is 387 g/mol. The maximum Gasteiger partial charge on any atom is 0.417 e. The Hall–Kier alpha value is -3.00. The van der Waals surface area contributed by atoms with Gasteiger partial charge in [-0.2, -0.15) is 13.2 Å². The molecule has 0 spiro atoms. The Labute approximate surface area is 155 Å². The zero-order valence-corrected chi connectivity index (χ0v) is 14.8. The Bertz CT molecular complexity index is 1180. The number of benzene rings is 2. The van der Waals surface area contributed by atoms with Crippen LogP contribution in [0, 0.1) is 6.92 Å². The van der Waals surface area contributed by atoms with Crippen LogP contribution in [-0.2, 0) is 6.18 Å². The molecule has 0 radical (unpaired) electrons. The van der Waals surface area contributed by atoms with Crippen LogP contribution in [0.25, 0.3) is 21.1 Å². The van der Waals surface area contributed by atoms with Gasteiger partial charge in [-0.1, -0.05) is 35.6 Å². The van der Waals surface area contributed by atoms with Gasteiger partial charge in [0, 0.05) is 11.6 Å². The number of halogens is 3. The minimum Gasteiger partial charge on any atom is -0.298 e. The van der Waals surface area contributed by atoms with Crippen molar-refractivity contribution in [1.29, 1.82) is 0 Å². The Morgan fingerprint density at radius 3 is 2.67 bits per heavy atom. The van der Waals surface area contributed by atoms with E-state index in [1.54, 1.807) is 12.1 Å². The first-order chi connectivity index (χ1) is 12.8. The van der Waals surface area contributed by atoms with E-state index < -0.39 is 23.2 Å². The largest absolute Gasteiger partial charge is 0.417 e. The quantitative estimate of drug-likeness (QED) is 0.499. The fourth-order valence-corrected chi connectivity index (χ4v) is 3.83. The highest BCUT2D eigenvalue weighted by atomic mass is 32.1. The Balaban J connectivity index is 1.77. The lowest BCUT2D eigenvalue weighted by Crippen LogP contribution is -2.19. The zero-order chi connectivity index (χ0) is 19.2. The number of carbonyl (C=O) groups is 1. The molecule has 0 aliphatic heterocycles. The van der Waals surface area contributed by atoms with Gasteiger partial charge in [0.15, 0.2) is 5.13 Å². The van der Waals surface area contributed by atoms with Crippen molar-refractivity contribution < 1.29 is 18.0 Å². The topological polar surface area (TPSA) is 54.9 Å². The average Bonchev–Trinajstić information content (AvgIpc) is 3.01. The van der Waals surface area contributed by atoms with E-state index in [0.29, 0.717) is 5.52 Å². The lowest BCUT2D eigenvalue weighted by atomic mass is 10.0. The van der Waals surface area contributed by atoms with Crippen molar-refractivity contribution in [2.24, 2.45) is 0 Å². The molecule has 4 aromatic rings. The van der Waals surface area contributed by atoms with Crippen LogP contribution in [0.3, 0.4) is 0 Å². The molecular formula is C19H12F3N3OS. The summed E-state index contributed by atoms with van der Waals surface area (Å²) < 4.78 is 41.9. The molecule has 2 heterocycles. The molecule has 2 aromatic carbocycles. The molecule has 1 N–H and O–H groups in total. The standard InChI is InChI=1S/C19H12F3N3OS/c1-10-6-7-14-15(8-10)27-18(24-14)25-17(26)12-9-23-13-5-3-2-4-11(13)16(12)19(20,21)22/h2-9H,1H3,(H,24,25,26). The molecule has 4 nitrogen and oxygen atoms in total. The molecule has 2 aromatic heterocycles. The van der Waals surface area contributed by atoms with Gasteiger partial charge in [0.25, 0.3) is 5.91 Å². The summed E-state index contributed by atoms with van der Waals surface area (Å²) in [6.45, 7) is 1.92. The second-order valence-electron chi connectivity index (χ2n) is 6.01. The first-order valence-electron chi connectivity index (χ1n) is 7.96. The van der Waals surface area contributed by atoms with E-state index in [9.17, 15) is 18.0 Å². The highest BCUT2D eigenvalue weighted by molar-refractivity contribution is 7.22. The monoisotopic (exact) mass is 387 g/mol. The van der Waals surface area contributed by atoms with E-state index in [-0.39, 0.29) is 16.0 Å². The molecule has 0 aliphatic rings. The van der Waals surface area contributed by atoms with Crippen LogP contribution < -0.4 is 5.32 Å². The number of aromatic nitrogens is 2. The molecule has 0 aliphatic carbocycles. The first kappa shape index (κ1) is 17.4. The van der Waals surface area contributed by atoms with Gasteiger partial charge in [-0.3, -0.25) is 15.1 Å². The number of hydrogen-bond donors (Lipinski definition) is 1. The smallest absolute Gasteiger partial charge is 0.298 e. The van der Waals surface area contributed by atoms with Crippen molar-refractivity contribution in [2.45, 2.75) is 13.1 Å². The van der Waals surface area contributed by atoms with Gasteiger partial charge >= 0.3 is 6.18 Å². The van der Waals surface area contributed by atoms with Crippen molar-refractivity contribution in [3.63, 3.8) is 0 Å². The van der Waals surface area contributed by atoms with Crippen LogP contribution in [0.4, 0.5) is 18.3 Å². The van der Waals surface area contributed by atoms with Crippen molar-refractivity contribution in [1.82, 2.24) is 9.97 Å². The van der Waals surface area contributed by atoms with Crippen LogP contribution in [-0.4, -0.2) is 15.9 Å². The SMILES string of the molecule is Cc1ccc2nc(NC(=O)c3cnc4ccccc4c3C(F)(F)F)sc2c1. The van der Waals surface area contributed by atoms with Gasteiger partial charge in [-0.15, -0.1) is 0 Å². The summed E-state index contributed by atoms with van der Waals surface area (Å²) in [5, 5.41) is 2.60. The molecule has 0 saturated carbocycles. The Morgan fingerprint density at radius 1 is 1.11 bits per heavy atom. The molecule has 0 atom stereocenters. The zero-order valence-electron chi connectivity index (χ0n) is 14.0. The fourth-order valence-electron chi connectivity index (χ4n) is 2.87. The highest BCUT2D eigenvalue weighted by Gasteiger charge is 2.37. The summed E-state index contributed by atoms with van der Waals surface area (Å²) in [5.41, 5.74) is 0.353. The number of aryl methyl sites for hydroxylation is 1. The minimum absolute atomic E-state index is 0.113. The molecule has 1 amide bonds. The summed E-state index contributed by atoms with van der Waals surface area (Å²) >= 11 is 1.21. The summed E-state index contributed by atoms with van der Waals surface area (Å²) in [6.07, 6.45) is -3.74. The second kappa shape index (κ2) is 6.31. The number of anilines is 1. The third kappa shape index (κ3) is 3.23. The van der Waals surface area contributed by atoms with Gasteiger partial charge < -0.3 is 0 Å². The molecule has 8 heteroatoms. The summed E-state index contributed by atoms with van der Waals surface area (Å²) in [5.74, 6) is -0.892. The summed E-state index contributed by atoms with van der Waals surface area (Å²) in [7, 11) is 0. The molecule has 136 valence electrons. The van der Waals surface area contributed by atoms with Crippen molar-refractivity contribution >= 4 is 43.5 Å². The number of pyridine rings is 1. The Kier molecular flexibility index (Phi) is 4.07. The van der Waals surface area contributed by atoms with Gasteiger partial charge in [-0.25, -0.2) is 4.98 Å². The Morgan fingerprint density at radius 2 is 1.89 bits per heavy atom. The number of amides is 1. The van der Waals surface area contributed by atoms with Crippen molar-refractivity contribution in [3.05, 3.63) is 65.4 Å². The van der Waals surface area contributed by atoms with E-state index in [1.807, 2.05) is 19.1 Å². The third-order valence-corrected chi connectivity index (χ3v) is 5.00. The summed E-state index contributed by atoms with van der Waals surface area (Å²) in [4.78, 5) is 20.8. The number of carbonyl (C=O) groups excluding carboxylic acids is 1. The maximum absolute atomic E-state index is 13.7. The van der Waals surface area contributed by atoms with Crippen LogP contribution >= 0.6 is 11.3 Å². The number of nitrogens with zero attached hydrogens (tertiary/aromatic N) is 2. The van der Waals surface area contributed by atoms with E-state index in [1.165, 1.54) is 29.5 Å². The van der Waals surface area contributed by atoms with Crippen LogP contribution in [0.2, 0.25) is 0 Å². The molecular weight excluding hydrogens is 375 g/mol. The van der Waals surface area contributed by atoms with Crippen molar-refractivity contribution in [2.75, 3.05) is 5.32 Å². The van der Waals surface area contributed by atoms with E-state index >= 15 is 0 Å². The number of nitrogens with one attached hydrogen (secondary N) is 1. The van der Waals surface area contributed by atoms with Gasteiger partial charge in [0.2, 0.25) is 0 Å². The number of hydrogen-bond acceptors (Lipinski definition) is 4. The summed E-state index contributed by atoms with van der Waals surface area (Å²) in [6, 6.07) is 11.4. The number of alkyl halides is 3. The maximum atomic E-state index is 13.7. The first-order valence-corrected chi connectivity index (χ1v) is 8.78. The lowest BCUT2D eigenvalue weighted by molar-refractivity contribution is -0.136. The fraction of sp³-hybridized carbons (Fsp3) is 0.105. The minimum atomic E-state index is -4.69. The van der Waals surface area contributed by atoms with E-state index in [2.05, 4.69) is 15.3 Å². The van der Waals surface area contributed by atoms with E-state index in [0.717, 1.165) is 16.5 Å². The third-order valence-electron chi connectivity index (χ3n) is 4.07. The predicted molar refractivity (Wildman–Crippen MR) is 99.1 cm³/mol. The van der Waals surface area contributed by atoms with Crippen molar-refractivity contribution in [3.8, 4) is 0 Å². The lowest BCUT2D eigenvalue weighted by Gasteiger charge is -2.14. The normalized spacial score (nSPS) is 11.9. The molecule has 27 heavy (non-hydrogen) atoms. The number of rotatable bonds is 2. The van der Waals surface area contributed by atoms with Gasteiger partial charge in [-0.05, 0) is 30.7 Å². The predicted octanol–water partition coefficient (Wildman–Crippen LogP) is 5.42. The van der Waals surface area contributed by atoms with E-state index in [4.69, 9.17) is 0 Å². The molecule has 0 unspecified atom stereocenters. The van der Waals surface area contributed by atoms with Gasteiger partial charge in [0.05, 0.1) is 26.9 Å². The van der Waals surface area contributed by atoms with Crippen LogP contribution in [0.1, 0.15) is 21.5 Å². The molecule has 0 bridgehead atoms. The highest BCUT2D eigenvalue weighted by Crippen LogP contribution is 2.37. The molecule has 0 fully saturated rings. The van der Waals surface area contributed by atoms with Crippen LogP contribution in [0.15, 0.2) is 48.7 Å². The molecule has 4 rings (SSSR count). The number of fused-ring (bicyclic) bond motifs is 2. The van der Waals surface area contributed by atoms with Gasteiger partial charge in [0.1, 0.15) is 0 Å². The number of thiazole rings is 1. The molecule has 0 saturated heterocycles. The second-order valence-corrected chi connectivity index (χ2v) is 7.04. The number of para-hydroxylation sites is 1.